The Balaban J connectivity index is 1.64. The Morgan fingerprint density at radius 1 is 1.00 bits per heavy atom. The van der Waals surface area contributed by atoms with Gasteiger partial charge in [-0.1, -0.05) is 60.7 Å². The Kier molecular flexibility index (Phi) is 5.89. The van der Waals surface area contributed by atoms with E-state index in [9.17, 15) is 8.42 Å². The Bertz CT molecular complexity index is 762. The molecule has 3 rings (SSSR count). The summed E-state index contributed by atoms with van der Waals surface area (Å²) in [6, 6.07) is 19.7. The minimum absolute atomic E-state index is 0.0925. The summed E-state index contributed by atoms with van der Waals surface area (Å²) in [4.78, 5) is 0. The van der Waals surface area contributed by atoms with E-state index in [-0.39, 0.29) is 17.9 Å². The van der Waals surface area contributed by atoms with Gasteiger partial charge >= 0.3 is 0 Å². The van der Waals surface area contributed by atoms with Crippen molar-refractivity contribution in [2.24, 2.45) is 0 Å². The van der Waals surface area contributed by atoms with Crippen molar-refractivity contribution in [1.29, 1.82) is 0 Å². The molecule has 1 saturated heterocycles. The number of hydrogen-bond donors (Lipinski definition) is 0. The molecule has 0 radical (unpaired) electrons. The van der Waals surface area contributed by atoms with Crippen molar-refractivity contribution in [2.75, 3.05) is 18.9 Å². The highest BCUT2D eigenvalue weighted by molar-refractivity contribution is 7.89. The summed E-state index contributed by atoms with van der Waals surface area (Å²) in [5, 5.41) is 0. The van der Waals surface area contributed by atoms with Gasteiger partial charge in [0.05, 0.1) is 18.5 Å². The van der Waals surface area contributed by atoms with Gasteiger partial charge < -0.3 is 4.74 Å². The molecule has 2 atom stereocenters. The van der Waals surface area contributed by atoms with Crippen molar-refractivity contribution < 1.29 is 13.2 Å². The molecule has 1 heterocycles. The fourth-order valence-corrected chi connectivity index (χ4v) is 4.92. The predicted octanol–water partition coefficient (Wildman–Crippen LogP) is 2.89. The van der Waals surface area contributed by atoms with Crippen molar-refractivity contribution in [3.8, 4) is 0 Å². The highest BCUT2D eigenvalue weighted by Crippen LogP contribution is 2.20. The predicted molar refractivity (Wildman–Crippen MR) is 100.0 cm³/mol. The van der Waals surface area contributed by atoms with Crippen LogP contribution in [0.5, 0.6) is 0 Å². The van der Waals surface area contributed by atoms with Gasteiger partial charge in [0.25, 0.3) is 0 Å². The van der Waals surface area contributed by atoms with Gasteiger partial charge in [-0.05, 0) is 30.9 Å². The van der Waals surface area contributed by atoms with E-state index >= 15 is 0 Å². The molecule has 0 amide bonds. The molecule has 4 nitrogen and oxygen atoms in total. The summed E-state index contributed by atoms with van der Waals surface area (Å²) in [6.45, 7) is 2.79. The summed E-state index contributed by atoms with van der Waals surface area (Å²) in [6.07, 6.45) is 1.18. The van der Waals surface area contributed by atoms with Crippen LogP contribution in [0.1, 0.15) is 18.1 Å². The molecular weight excluding hydrogens is 334 g/mol. The molecule has 0 saturated carbocycles. The van der Waals surface area contributed by atoms with Crippen LogP contribution >= 0.6 is 0 Å². The monoisotopic (exact) mass is 359 g/mol. The lowest BCUT2D eigenvalue weighted by Crippen LogP contribution is -2.52. The molecular formula is C20H25NO3S. The molecule has 2 aromatic carbocycles. The SMILES string of the molecule is CC1COC(Cc2ccccc2)CN1S(=O)(=O)CCc1ccccc1. The van der Waals surface area contributed by atoms with Gasteiger partial charge in [-0.2, -0.15) is 4.31 Å². The first-order chi connectivity index (χ1) is 12.0. The lowest BCUT2D eigenvalue weighted by atomic mass is 10.1. The number of rotatable bonds is 6. The van der Waals surface area contributed by atoms with E-state index in [0.717, 1.165) is 12.0 Å². The summed E-state index contributed by atoms with van der Waals surface area (Å²) in [5.74, 6) is 0.138. The molecule has 5 heteroatoms. The molecule has 1 fully saturated rings. The summed E-state index contributed by atoms with van der Waals surface area (Å²) in [7, 11) is -3.30. The maximum atomic E-state index is 12.8. The second-order valence-electron chi connectivity index (χ2n) is 6.62. The lowest BCUT2D eigenvalue weighted by molar-refractivity contribution is -0.0264. The Morgan fingerprint density at radius 2 is 1.60 bits per heavy atom. The smallest absolute Gasteiger partial charge is 0.214 e. The average molecular weight is 359 g/mol. The van der Waals surface area contributed by atoms with Crippen molar-refractivity contribution >= 4 is 10.0 Å². The molecule has 25 heavy (non-hydrogen) atoms. The van der Waals surface area contributed by atoms with Crippen molar-refractivity contribution in [3.05, 3.63) is 71.8 Å². The minimum Gasteiger partial charge on any atom is -0.375 e. The largest absolute Gasteiger partial charge is 0.375 e. The molecule has 134 valence electrons. The first kappa shape index (κ1) is 18.1. The van der Waals surface area contributed by atoms with E-state index in [2.05, 4.69) is 12.1 Å². The second-order valence-corrected chi connectivity index (χ2v) is 8.66. The van der Waals surface area contributed by atoms with Gasteiger partial charge in [0.2, 0.25) is 10.0 Å². The van der Waals surface area contributed by atoms with E-state index in [1.165, 1.54) is 5.56 Å². The van der Waals surface area contributed by atoms with Gasteiger partial charge in [0.1, 0.15) is 0 Å². The number of morpholine rings is 1. The van der Waals surface area contributed by atoms with Crippen molar-refractivity contribution in [1.82, 2.24) is 4.31 Å². The number of sulfonamides is 1. The zero-order valence-corrected chi connectivity index (χ0v) is 15.4. The van der Waals surface area contributed by atoms with Gasteiger partial charge in [-0.25, -0.2) is 8.42 Å². The van der Waals surface area contributed by atoms with E-state index in [1.807, 2.05) is 55.5 Å². The molecule has 2 aromatic rings. The molecule has 0 aromatic heterocycles. The maximum Gasteiger partial charge on any atom is 0.214 e. The van der Waals surface area contributed by atoms with Gasteiger partial charge in [0.15, 0.2) is 0 Å². The minimum atomic E-state index is -3.30. The number of nitrogens with zero attached hydrogens (tertiary/aromatic N) is 1. The topological polar surface area (TPSA) is 46.6 Å². The van der Waals surface area contributed by atoms with Crippen LogP contribution < -0.4 is 0 Å². The number of hydrogen-bond acceptors (Lipinski definition) is 3. The zero-order valence-electron chi connectivity index (χ0n) is 14.5. The molecule has 0 bridgehead atoms. The highest BCUT2D eigenvalue weighted by atomic mass is 32.2. The fraction of sp³-hybridized carbons (Fsp3) is 0.400. The van der Waals surface area contributed by atoms with Gasteiger partial charge in [0, 0.05) is 12.6 Å². The van der Waals surface area contributed by atoms with Crippen molar-refractivity contribution in [3.63, 3.8) is 0 Å². The Morgan fingerprint density at radius 3 is 2.24 bits per heavy atom. The first-order valence-corrected chi connectivity index (χ1v) is 10.3. The third-order valence-electron chi connectivity index (χ3n) is 4.60. The number of benzene rings is 2. The molecule has 0 aliphatic carbocycles. The third kappa shape index (κ3) is 4.91. The van der Waals surface area contributed by atoms with Crippen LogP contribution in [0.4, 0.5) is 0 Å². The van der Waals surface area contributed by atoms with Gasteiger partial charge in [-0.15, -0.1) is 0 Å². The van der Waals surface area contributed by atoms with E-state index < -0.39 is 10.0 Å². The Labute approximate surface area is 150 Å². The standard InChI is InChI=1S/C20H25NO3S/c1-17-16-24-20(14-19-10-6-3-7-11-19)15-21(17)25(22,23)13-12-18-8-4-2-5-9-18/h2-11,17,20H,12-16H2,1H3. The molecule has 0 spiro atoms. The summed E-state index contributed by atoms with van der Waals surface area (Å²) < 4.78 is 33.2. The number of aryl methyl sites for hydroxylation is 1. The van der Waals surface area contributed by atoms with E-state index in [0.29, 0.717) is 19.6 Å². The van der Waals surface area contributed by atoms with E-state index in [1.54, 1.807) is 4.31 Å². The quantitative estimate of drug-likeness (QED) is 0.797. The van der Waals surface area contributed by atoms with Crippen LogP contribution in [0, 0.1) is 0 Å². The molecule has 1 aliphatic heterocycles. The highest BCUT2D eigenvalue weighted by Gasteiger charge is 2.34. The molecule has 1 aliphatic rings. The second kappa shape index (κ2) is 8.13. The normalized spacial score (nSPS) is 22.0. The van der Waals surface area contributed by atoms with Gasteiger partial charge in [-0.3, -0.25) is 0 Å². The van der Waals surface area contributed by atoms with E-state index in [4.69, 9.17) is 4.74 Å². The van der Waals surface area contributed by atoms with Crippen LogP contribution in [0.2, 0.25) is 0 Å². The number of ether oxygens (including phenoxy) is 1. The van der Waals surface area contributed by atoms with Crippen LogP contribution in [0.3, 0.4) is 0 Å². The summed E-state index contributed by atoms with van der Waals surface area (Å²) >= 11 is 0. The molecule has 2 unspecified atom stereocenters. The van der Waals surface area contributed by atoms with Crippen LogP contribution in [-0.4, -0.2) is 43.8 Å². The van der Waals surface area contributed by atoms with Crippen molar-refractivity contribution in [2.45, 2.75) is 31.9 Å². The third-order valence-corrected chi connectivity index (χ3v) is 6.55. The molecule has 0 N–H and O–H groups in total. The zero-order chi connectivity index (χ0) is 17.7. The maximum absolute atomic E-state index is 12.8. The average Bonchev–Trinajstić information content (AvgIpc) is 2.63. The lowest BCUT2D eigenvalue weighted by Gasteiger charge is -2.37. The van der Waals surface area contributed by atoms with Crippen LogP contribution in [-0.2, 0) is 27.6 Å². The summed E-state index contributed by atoms with van der Waals surface area (Å²) in [5.41, 5.74) is 2.22. The Hall–Kier alpha value is -1.69. The fourth-order valence-electron chi connectivity index (χ4n) is 3.19. The van der Waals surface area contributed by atoms with Crippen LogP contribution in [0.25, 0.3) is 0 Å². The van der Waals surface area contributed by atoms with Crippen LogP contribution in [0.15, 0.2) is 60.7 Å². The first-order valence-electron chi connectivity index (χ1n) is 8.73.